The minimum Gasteiger partial charge on any atom is -0.478 e. The molecule has 2 atom stereocenters. The minimum absolute atomic E-state index is 0.0856. The van der Waals surface area contributed by atoms with Crippen LogP contribution < -0.4 is 5.32 Å². The lowest BCUT2D eigenvalue weighted by Crippen LogP contribution is -2.33. The second-order valence-electron chi connectivity index (χ2n) is 5.47. The average Bonchev–Trinajstić information content (AvgIpc) is 2.46. The zero-order valence-electron chi connectivity index (χ0n) is 11.6. The maximum Gasteiger partial charge on any atom is 0.337 e. The minimum atomic E-state index is -1.04. The number of carbonyl (C=O) groups is 2. The Bertz CT molecular complexity index is 484. The predicted molar refractivity (Wildman–Crippen MR) is 74.7 cm³/mol. The number of hydrogen-bond acceptors (Lipinski definition) is 3. The number of hydrogen-bond donors (Lipinski definition) is 2. The van der Waals surface area contributed by atoms with Crippen LogP contribution in [0.25, 0.3) is 0 Å². The number of pyridine rings is 1. The van der Waals surface area contributed by atoms with Crippen molar-refractivity contribution in [3.8, 4) is 0 Å². The molecule has 0 spiro atoms. The first kappa shape index (κ1) is 14.5. The summed E-state index contributed by atoms with van der Waals surface area (Å²) in [4.78, 5) is 26.6. The molecule has 1 heterocycles. The summed E-state index contributed by atoms with van der Waals surface area (Å²) in [6.07, 6.45) is 6.11. The summed E-state index contributed by atoms with van der Waals surface area (Å²) in [5, 5.41) is 11.7. The number of rotatable bonds is 4. The first-order chi connectivity index (χ1) is 9.58. The molecule has 2 N–H and O–H groups in total. The second-order valence-corrected chi connectivity index (χ2v) is 5.47. The van der Waals surface area contributed by atoms with Gasteiger partial charge in [0.25, 0.3) is 5.91 Å². The van der Waals surface area contributed by atoms with Crippen molar-refractivity contribution in [3.05, 3.63) is 29.6 Å². The summed E-state index contributed by atoms with van der Waals surface area (Å²) in [6, 6.07) is 2.84. The molecule has 1 amide bonds. The number of aromatic nitrogens is 1. The van der Waals surface area contributed by atoms with E-state index >= 15 is 0 Å². The number of aromatic carboxylic acids is 1. The number of carboxylic acids is 1. The van der Waals surface area contributed by atoms with E-state index in [9.17, 15) is 9.59 Å². The number of nitrogens with one attached hydrogen (secondary N) is 1. The molecule has 1 aliphatic carbocycles. The van der Waals surface area contributed by atoms with Crippen LogP contribution in [0.5, 0.6) is 0 Å². The van der Waals surface area contributed by atoms with Crippen molar-refractivity contribution in [1.29, 1.82) is 0 Å². The number of nitrogens with zero attached hydrogens (tertiary/aromatic N) is 1. The Labute approximate surface area is 118 Å². The molecule has 1 aromatic heterocycles. The maximum atomic E-state index is 12.0. The monoisotopic (exact) mass is 276 g/mol. The van der Waals surface area contributed by atoms with Gasteiger partial charge in [0.05, 0.1) is 5.56 Å². The van der Waals surface area contributed by atoms with Gasteiger partial charge in [-0.25, -0.2) is 4.79 Å². The van der Waals surface area contributed by atoms with E-state index < -0.39 is 5.97 Å². The van der Waals surface area contributed by atoms with E-state index in [-0.39, 0.29) is 17.2 Å². The van der Waals surface area contributed by atoms with Gasteiger partial charge in [-0.3, -0.25) is 9.78 Å². The van der Waals surface area contributed by atoms with Crippen LogP contribution in [-0.2, 0) is 0 Å². The highest BCUT2D eigenvalue weighted by atomic mass is 16.4. The normalized spacial score (nSPS) is 22.2. The summed E-state index contributed by atoms with van der Waals surface area (Å²) >= 11 is 0. The second kappa shape index (κ2) is 6.50. The Morgan fingerprint density at radius 3 is 2.70 bits per heavy atom. The van der Waals surface area contributed by atoms with Crippen molar-refractivity contribution in [1.82, 2.24) is 10.3 Å². The summed E-state index contributed by atoms with van der Waals surface area (Å²) in [6.45, 7) is 2.90. The zero-order valence-corrected chi connectivity index (χ0v) is 11.6. The fraction of sp³-hybridized carbons (Fsp3) is 0.533. The Morgan fingerprint density at radius 2 is 2.10 bits per heavy atom. The first-order valence-electron chi connectivity index (χ1n) is 7.05. The van der Waals surface area contributed by atoms with Gasteiger partial charge in [0.15, 0.2) is 0 Å². The highest BCUT2D eigenvalue weighted by molar-refractivity contribution is 5.93. The standard InChI is InChI=1S/C15H20N2O3/c1-10-4-2-3-5-11(10)8-17-14(18)13-7-6-12(9-16-13)15(19)20/h6-7,9-11H,2-5,8H2,1H3,(H,17,18)(H,19,20). The molecule has 2 rings (SSSR count). The molecular weight excluding hydrogens is 256 g/mol. The van der Waals surface area contributed by atoms with Crippen molar-refractivity contribution >= 4 is 11.9 Å². The van der Waals surface area contributed by atoms with Crippen LogP contribution in [0.1, 0.15) is 53.5 Å². The van der Waals surface area contributed by atoms with Crippen molar-refractivity contribution in [2.75, 3.05) is 6.54 Å². The molecule has 5 heteroatoms. The van der Waals surface area contributed by atoms with E-state index in [0.717, 1.165) is 6.42 Å². The summed E-state index contributed by atoms with van der Waals surface area (Å²) in [5.74, 6) is -0.0995. The quantitative estimate of drug-likeness (QED) is 0.884. The Hall–Kier alpha value is -1.91. The van der Waals surface area contributed by atoms with E-state index in [1.54, 1.807) is 0 Å². The fourth-order valence-electron chi connectivity index (χ4n) is 2.67. The molecular formula is C15H20N2O3. The van der Waals surface area contributed by atoms with Gasteiger partial charge in [0, 0.05) is 12.7 Å². The molecule has 0 radical (unpaired) electrons. The lowest BCUT2D eigenvalue weighted by molar-refractivity contribution is 0.0695. The lowest BCUT2D eigenvalue weighted by Gasteiger charge is -2.28. The van der Waals surface area contributed by atoms with E-state index in [1.165, 1.54) is 37.6 Å². The number of carboxylic acid groups (broad SMARTS) is 1. The molecule has 1 fully saturated rings. The Balaban J connectivity index is 1.89. The van der Waals surface area contributed by atoms with Crippen LogP contribution >= 0.6 is 0 Å². The van der Waals surface area contributed by atoms with Crippen LogP contribution in [0.3, 0.4) is 0 Å². The van der Waals surface area contributed by atoms with Crippen LogP contribution in [0.2, 0.25) is 0 Å². The molecule has 1 aromatic rings. The van der Waals surface area contributed by atoms with Gasteiger partial charge in [-0.2, -0.15) is 0 Å². The third kappa shape index (κ3) is 3.56. The van der Waals surface area contributed by atoms with E-state index in [0.29, 0.717) is 18.4 Å². The summed E-state index contributed by atoms with van der Waals surface area (Å²) in [5.41, 5.74) is 0.348. The van der Waals surface area contributed by atoms with Gasteiger partial charge < -0.3 is 10.4 Å². The molecule has 0 aromatic carbocycles. The van der Waals surface area contributed by atoms with Gasteiger partial charge in [-0.1, -0.05) is 26.2 Å². The van der Waals surface area contributed by atoms with Crippen LogP contribution in [0.15, 0.2) is 18.3 Å². The lowest BCUT2D eigenvalue weighted by atomic mass is 9.80. The molecule has 1 aliphatic rings. The van der Waals surface area contributed by atoms with Gasteiger partial charge in [-0.05, 0) is 30.4 Å². The molecule has 1 saturated carbocycles. The van der Waals surface area contributed by atoms with Crippen molar-refractivity contribution in [3.63, 3.8) is 0 Å². The highest BCUT2D eigenvalue weighted by Gasteiger charge is 2.22. The molecule has 5 nitrogen and oxygen atoms in total. The third-order valence-corrected chi connectivity index (χ3v) is 4.06. The molecule has 2 unspecified atom stereocenters. The van der Waals surface area contributed by atoms with Crippen LogP contribution in [0, 0.1) is 11.8 Å². The predicted octanol–water partition coefficient (Wildman–Crippen LogP) is 2.34. The highest BCUT2D eigenvalue weighted by Crippen LogP contribution is 2.28. The number of carbonyl (C=O) groups excluding carboxylic acids is 1. The van der Waals surface area contributed by atoms with Crippen LogP contribution in [-0.4, -0.2) is 28.5 Å². The summed E-state index contributed by atoms with van der Waals surface area (Å²) < 4.78 is 0. The Kier molecular flexibility index (Phi) is 4.71. The van der Waals surface area contributed by atoms with Gasteiger partial charge in [-0.15, -0.1) is 0 Å². The van der Waals surface area contributed by atoms with Gasteiger partial charge in [0.2, 0.25) is 0 Å². The molecule has 0 aliphatic heterocycles. The smallest absolute Gasteiger partial charge is 0.337 e. The van der Waals surface area contributed by atoms with Crippen LogP contribution in [0.4, 0.5) is 0 Å². The zero-order chi connectivity index (χ0) is 14.5. The van der Waals surface area contributed by atoms with E-state index in [2.05, 4.69) is 17.2 Å². The van der Waals surface area contributed by atoms with Crippen molar-refractivity contribution in [2.24, 2.45) is 11.8 Å². The number of amides is 1. The maximum absolute atomic E-state index is 12.0. The van der Waals surface area contributed by atoms with Gasteiger partial charge in [0.1, 0.15) is 5.69 Å². The molecule has 108 valence electrons. The van der Waals surface area contributed by atoms with Crippen molar-refractivity contribution in [2.45, 2.75) is 32.6 Å². The molecule has 20 heavy (non-hydrogen) atoms. The van der Waals surface area contributed by atoms with Gasteiger partial charge >= 0.3 is 5.97 Å². The van der Waals surface area contributed by atoms with Crippen molar-refractivity contribution < 1.29 is 14.7 Å². The molecule has 0 saturated heterocycles. The fourth-order valence-corrected chi connectivity index (χ4v) is 2.67. The Morgan fingerprint density at radius 1 is 1.35 bits per heavy atom. The topological polar surface area (TPSA) is 79.3 Å². The average molecular weight is 276 g/mol. The first-order valence-corrected chi connectivity index (χ1v) is 7.05. The molecule has 0 bridgehead atoms. The van der Waals surface area contributed by atoms with E-state index in [1.807, 2.05) is 0 Å². The summed E-state index contributed by atoms with van der Waals surface area (Å²) in [7, 11) is 0. The SMILES string of the molecule is CC1CCCCC1CNC(=O)c1ccc(C(=O)O)cn1. The largest absolute Gasteiger partial charge is 0.478 e. The third-order valence-electron chi connectivity index (χ3n) is 4.06. The van der Waals surface area contributed by atoms with E-state index in [4.69, 9.17) is 5.11 Å².